The van der Waals surface area contributed by atoms with Crippen LogP contribution in [0.25, 0.3) is 11.6 Å². The van der Waals surface area contributed by atoms with Crippen molar-refractivity contribution < 1.29 is 14.3 Å². The predicted molar refractivity (Wildman–Crippen MR) is 119 cm³/mol. The molecule has 2 aromatic carbocycles. The van der Waals surface area contributed by atoms with Crippen molar-refractivity contribution in [2.45, 2.75) is 39.5 Å². The summed E-state index contributed by atoms with van der Waals surface area (Å²) in [4.78, 5) is 10.8. The van der Waals surface area contributed by atoms with E-state index >= 15 is 0 Å². The van der Waals surface area contributed by atoms with E-state index in [2.05, 4.69) is 26.0 Å². The average Bonchev–Trinajstić information content (AvgIpc) is 2.70. The molecule has 156 valence electrons. The first-order valence-electron chi connectivity index (χ1n) is 10.9. The van der Waals surface area contributed by atoms with Crippen molar-refractivity contribution in [3.05, 3.63) is 82.7 Å². The molecule has 3 heteroatoms. The van der Waals surface area contributed by atoms with E-state index < -0.39 is 5.97 Å². The lowest BCUT2D eigenvalue weighted by Crippen LogP contribution is -2.32. The highest BCUT2D eigenvalue weighted by molar-refractivity contribution is 5.86. The number of halogens is 1. The fourth-order valence-corrected chi connectivity index (χ4v) is 5.72. The van der Waals surface area contributed by atoms with Crippen molar-refractivity contribution in [3.8, 4) is 0 Å². The van der Waals surface area contributed by atoms with Gasteiger partial charge in [-0.3, -0.25) is 0 Å². The summed E-state index contributed by atoms with van der Waals surface area (Å²) in [5.74, 6) is 1.47. The fraction of sp³-hybridized carbons (Fsp3) is 0.370. The molecule has 0 aromatic heterocycles. The summed E-state index contributed by atoms with van der Waals surface area (Å²) in [6.07, 6.45) is 7.80. The second-order valence-corrected chi connectivity index (χ2v) is 9.14. The number of hydrogen-bond acceptors (Lipinski definition) is 1. The summed E-state index contributed by atoms with van der Waals surface area (Å²) in [7, 11) is 0. The highest BCUT2D eigenvalue weighted by atomic mass is 19.1. The Kier molecular flexibility index (Phi) is 5.90. The van der Waals surface area contributed by atoms with Crippen molar-refractivity contribution in [1.29, 1.82) is 0 Å². The first-order chi connectivity index (χ1) is 14.4. The van der Waals surface area contributed by atoms with Gasteiger partial charge in [0.05, 0.1) is 0 Å². The molecule has 2 aromatic rings. The van der Waals surface area contributed by atoms with Crippen molar-refractivity contribution in [3.63, 3.8) is 0 Å². The molecule has 4 unspecified atom stereocenters. The Morgan fingerprint density at radius 2 is 1.57 bits per heavy atom. The minimum Gasteiger partial charge on any atom is -0.478 e. The molecule has 2 bridgehead atoms. The van der Waals surface area contributed by atoms with Crippen molar-refractivity contribution in [2.24, 2.45) is 23.7 Å². The molecule has 2 aliphatic carbocycles. The van der Waals surface area contributed by atoms with E-state index in [4.69, 9.17) is 5.11 Å². The van der Waals surface area contributed by atoms with Gasteiger partial charge in [-0.15, -0.1) is 0 Å². The molecule has 4 atom stereocenters. The number of carbonyl (C=O) groups is 1. The zero-order valence-corrected chi connectivity index (χ0v) is 17.6. The summed E-state index contributed by atoms with van der Waals surface area (Å²) in [5, 5.41) is 8.87. The standard InChI is InChI=1S/C27H29FO2/c1-17-13-20-15-18(2)26(23(14-17)16-20)27(22-8-10-24(28)11-9-22)21-6-3-19(4-7-21)5-12-25(29)30/h3-12,17-18,20,23H,13-16H2,1-2H3,(H,29,30)/b12-5+,27-26+. The normalized spacial score (nSPS) is 27.8. The third-order valence-electron chi connectivity index (χ3n) is 6.74. The molecular weight excluding hydrogens is 375 g/mol. The Balaban J connectivity index is 1.82. The van der Waals surface area contributed by atoms with E-state index in [1.807, 2.05) is 24.3 Å². The van der Waals surface area contributed by atoms with Gasteiger partial charge in [0.2, 0.25) is 0 Å². The second-order valence-electron chi connectivity index (χ2n) is 9.14. The third-order valence-corrected chi connectivity index (χ3v) is 6.74. The first kappa shape index (κ1) is 20.6. The van der Waals surface area contributed by atoms with Gasteiger partial charge in [0.1, 0.15) is 5.82 Å². The van der Waals surface area contributed by atoms with Crippen LogP contribution in [0.15, 0.2) is 60.2 Å². The smallest absolute Gasteiger partial charge is 0.328 e. The maximum Gasteiger partial charge on any atom is 0.328 e. The lowest BCUT2D eigenvalue weighted by Gasteiger charge is -2.44. The molecule has 1 N–H and O–H groups in total. The number of rotatable bonds is 4. The van der Waals surface area contributed by atoms with Gasteiger partial charge < -0.3 is 5.11 Å². The maximum absolute atomic E-state index is 13.7. The lowest BCUT2D eigenvalue weighted by atomic mass is 9.61. The summed E-state index contributed by atoms with van der Waals surface area (Å²) < 4.78 is 13.7. The molecule has 2 fully saturated rings. The quantitative estimate of drug-likeness (QED) is 0.568. The summed E-state index contributed by atoms with van der Waals surface area (Å²) in [6.45, 7) is 4.71. The van der Waals surface area contributed by atoms with Gasteiger partial charge in [0.25, 0.3) is 0 Å². The third kappa shape index (κ3) is 4.40. The van der Waals surface area contributed by atoms with E-state index in [9.17, 15) is 9.18 Å². The largest absolute Gasteiger partial charge is 0.478 e. The Bertz CT molecular complexity index is 965. The highest BCUT2D eigenvalue weighted by Crippen LogP contribution is 2.50. The number of hydrogen-bond donors (Lipinski definition) is 1. The molecular formula is C27H29FO2. The van der Waals surface area contributed by atoms with Gasteiger partial charge in [0, 0.05) is 6.08 Å². The van der Waals surface area contributed by atoms with Crippen LogP contribution in [-0.2, 0) is 4.79 Å². The molecule has 2 nitrogen and oxygen atoms in total. The van der Waals surface area contributed by atoms with E-state index in [1.165, 1.54) is 36.8 Å². The topological polar surface area (TPSA) is 37.3 Å². The van der Waals surface area contributed by atoms with Crippen molar-refractivity contribution in [2.75, 3.05) is 0 Å². The molecule has 0 spiro atoms. The van der Waals surface area contributed by atoms with Crippen LogP contribution < -0.4 is 0 Å². The highest BCUT2D eigenvalue weighted by Gasteiger charge is 2.38. The molecule has 4 rings (SSSR count). The molecule has 0 heterocycles. The molecule has 0 saturated heterocycles. The minimum atomic E-state index is -0.954. The second kappa shape index (κ2) is 8.59. The van der Waals surface area contributed by atoms with E-state index in [0.717, 1.165) is 34.6 Å². The van der Waals surface area contributed by atoms with E-state index in [1.54, 1.807) is 18.2 Å². The molecule has 2 aliphatic rings. The Morgan fingerprint density at radius 1 is 0.933 bits per heavy atom. The fourth-order valence-electron chi connectivity index (χ4n) is 5.72. The van der Waals surface area contributed by atoms with Gasteiger partial charge in [-0.2, -0.15) is 0 Å². The van der Waals surface area contributed by atoms with Gasteiger partial charge >= 0.3 is 5.97 Å². The summed E-state index contributed by atoms with van der Waals surface area (Å²) >= 11 is 0. The van der Waals surface area contributed by atoms with Crippen LogP contribution in [-0.4, -0.2) is 11.1 Å². The molecule has 0 amide bonds. The van der Waals surface area contributed by atoms with Crippen LogP contribution >= 0.6 is 0 Å². The number of aliphatic carboxylic acids is 1. The van der Waals surface area contributed by atoms with Gasteiger partial charge in [-0.1, -0.05) is 55.8 Å². The Labute approximate surface area is 178 Å². The zero-order chi connectivity index (χ0) is 21.3. The van der Waals surface area contributed by atoms with Crippen LogP contribution in [0.3, 0.4) is 0 Å². The number of allylic oxidation sites excluding steroid dienone is 1. The minimum absolute atomic E-state index is 0.222. The van der Waals surface area contributed by atoms with E-state index in [0.29, 0.717) is 11.8 Å². The number of fused-ring (bicyclic) bond motifs is 2. The zero-order valence-electron chi connectivity index (χ0n) is 17.6. The van der Waals surface area contributed by atoms with Crippen molar-refractivity contribution >= 4 is 17.6 Å². The molecule has 2 saturated carbocycles. The Morgan fingerprint density at radius 3 is 2.20 bits per heavy atom. The van der Waals surface area contributed by atoms with Crippen LogP contribution in [0.4, 0.5) is 4.39 Å². The Hall–Kier alpha value is -2.68. The van der Waals surface area contributed by atoms with Crippen LogP contribution in [0, 0.1) is 29.5 Å². The van der Waals surface area contributed by atoms with Crippen molar-refractivity contribution in [1.82, 2.24) is 0 Å². The average molecular weight is 405 g/mol. The lowest BCUT2D eigenvalue weighted by molar-refractivity contribution is -0.131. The maximum atomic E-state index is 13.7. The molecule has 0 radical (unpaired) electrons. The molecule has 0 aliphatic heterocycles. The SMILES string of the molecule is CC1CC2CC(C)/C(=C(\c3ccc(F)cc3)c3ccc(/C=C/C(=O)O)cc3)C(C1)C2. The first-order valence-corrected chi connectivity index (χ1v) is 10.9. The summed E-state index contributed by atoms with van der Waals surface area (Å²) in [6, 6.07) is 14.9. The predicted octanol–water partition coefficient (Wildman–Crippen LogP) is 6.82. The van der Waals surface area contributed by atoms with Gasteiger partial charge in [0.15, 0.2) is 0 Å². The van der Waals surface area contributed by atoms with Gasteiger partial charge in [-0.05, 0) is 89.8 Å². The van der Waals surface area contributed by atoms with E-state index in [-0.39, 0.29) is 5.82 Å². The number of benzene rings is 2. The molecule has 30 heavy (non-hydrogen) atoms. The number of carboxylic acid groups (broad SMARTS) is 1. The van der Waals surface area contributed by atoms with Crippen LogP contribution in [0.1, 0.15) is 56.2 Å². The van der Waals surface area contributed by atoms with Crippen LogP contribution in [0.2, 0.25) is 0 Å². The number of carboxylic acids is 1. The van der Waals surface area contributed by atoms with Crippen LogP contribution in [0.5, 0.6) is 0 Å². The van der Waals surface area contributed by atoms with Gasteiger partial charge in [-0.25, -0.2) is 9.18 Å². The summed E-state index contributed by atoms with van der Waals surface area (Å²) in [5.41, 5.74) is 5.77. The monoisotopic (exact) mass is 404 g/mol.